The average molecular weight is 374 g/mol. The van der Waals surface area contributed by atoms with Crippen LogP contribution in [0, 0.1) is 0 Å². The largest absolute Gasteiger partial charge is 0.478 e. The van der Waals surface area contributed by atoms with Crippen molar-refractivity contribution < 1.29 is 18.3 Å². The zero-order valence-corrected chi connectivity index (χ0v) is 15.0. The number of carbonyl (C=O) groups is 1. The molecule has 2 aromatic carbocycles. The Morgan fingerprint density at radius 2 is 1.77 bits per heavy atom. The second kappa shape index (κ2) is 7.89. The molecule has 3 aromatic rings. The molecule has 3 rings (SSSR count). The van der Waals surface area contributed by atoms with E-state index in [2.05, 4.69) is 15.3 Å². The summed E-state index contributed by atoms with van der Waals surface area (Å²) in [5.74, 6) is -0.719. The maximum atomic E-state index is 11.2. The lowest BCUT2D eigenvalue weighted by molar-refractivity contribution is 0.0697. The monoisotopic (exact) mass is 374 g/mol. The van der Waals surface area contributed by atoms with E-state index in [4.69, 9.17) is 10.2 Å². The van der Waals surface area contributed by atoms with E-state index in [1.54, 1.807) is 18.2 Å². The number of nitrogens with two attached hydrogens (primary N) is 1. The summed E-state index contributed by atoms with van der Waals surface area (Å²) in [6, 6.07) is 10.4. The van der Waals surface area contributed by atoms with E-state index in [1.807, 2.05) is 13.8 Å². The van der Waals surface area contributed by atoms with Gasteiger partial charge in [-0.05, 0) is 42.5 Å². The van der Waals surface area contributed by atoms with Gasteiger partial charge in [-0.3, -0.25) is 0 Å². The maximum Gasteiger partial charge on any atom is 0.335 e. The van der Waals surface area contributed by atoms with Crippen LogP contribution in [-0.2, 0) is 10.0 Å². The van der Waals surface area contributed by atoms with Gasteiger partial charge in [-0.2, -0.15) is 0 Å². The van der Waals surface area contributed by atoms with Gasteiger partial charge in [0.25, 0.3) is 0 Å². The van der Waals surface area contributed by atoms with Crippen LogP contribution in [-0.4, -0.2) is 29.5 Å². The zero-order chi connectivity index (χ0) is 19.3. The summed E-state index contributed by atoms with van der Waals surface area (Å²) in [5, 5.41) is 17.5. The lowest BCUT2D eigenvalue weighted by atomic mass is 10.1. The van der Waals surface area contributed by atoms with E-state index in [9.17, 15) is 13.2 Å². The van der Waals surface area contributed by atoms with Crippen LogP contribution >= 0.6 is 0 Å². The molecule has 0 saturated heterocycles. The van der Waals surface area contributed by atoms with Gasteiger partial charge in [0.05, 0.1) is 16.0 Å². The number of hydrogen-bond acceptors (Lipinski definition) is 6. The first-order chi connectivity index (χ1) is 12.3. The Hall–Kier alpha value is -3.04. The first-order valence-corrected chi connectivity index (χ1v) is 9.27. The van der Waals surface area contributed by atoms with Gasteiger partial charge in [0.2, 0.25) is 16.0 Å². The second-order valence-electron chi connectivity index (χ2n) is 4.97. The van der Waals surface area contributed by atoms with E-state index >= 15 is 0 Å². The summed E-state index contributed by atoms with van der Waals surface area (Å²) < 4.78 is 22.4. The Balaban J connectivity index is 0.00000117. The van der Waals surface area contributed by atoms with Crippen LogP contribution in [0.1, 0.15) is 24.2 Å². The number of rotatable bonds is 4. The molecule has 0 aliphatic heterocycles. The van der Waals surface area contributed by atoms with Crippen molar-refractivity contribution in [2.24, 2.45) is 5.14 Å². The Labute approximate surface area is 150 Å². The Morgan fingerprint density at radius 3 is 2.35 bits per heavy atom. The minimum absolute atomic E-state index is 0.00804. The number of aromatic nitrogens is 2. The van der Waals surface area contributed by atoms with Crippen molar-refractivity contribution in [2.45, 2.75) is 18.7 Å². The van der Waals surface area contributed by atoms with Crippen LogP contribution in [0.2, 0.25) is 0 Å². The Morgan fingerprint density at radius 1 is 1.12 bits per heavy atom. The van der Waals surface area contributed by atoms with E-state index in [0.717, 1.165) is 0 Å². The summed E-state index contributed by atoms with van der Waals surface area (Å²) in [6.07, 6.45) is 1.51. The highest BCUT2D eigenvalue weighted by molar-refractivity contribution is 7.89. The topological polar surface area (TPSA) is 135 Å². The number of fused-ring (bicyclic) bond motifs is 1. The molecule has 0 bridgehead atoms. The molecule has 1 heterocycles. The van der Waals surface area contributed by atoms with Gasteiger partial charge in [-0.15, -0.1) is 0 Å². The number of carboxylic acids is 1. The van der Waals surface area contributed by atoms with Crippen LogP contribution in [0.15, 0.2) is 53.6 Å². The lowest BCUT2D eigenvalue weighted by Crippen LogP contribution is -2.11. The van der Waals surface area contributed by atoms with Gasteiger partial charge in [-0.1, -0.05) is 13.8 Å². The molecule has 26 heavy (non-hydrogen) atoms. The molecule has 0 saturated carbocycles. The van der Waals surface area contributed by atoms with E-state index in [-0.39, 0.29) is 10.5 Å². The maximum absolute atomic E-state index is 11.2. The van der Waals surface area contributed by atoms with Crippen LogP contribution in [0.4, 0.5) is 11.6 Å². The van der Waals surface area contributed by atoms with Crippen molar-refractivity contribution in [1.82, 2.24) is 9.97 Å². The molecule has 0 radical (unpaired) electrons. The fourth-order valence-electron chi connectivity index (χ4n) is 2.08. The van der Waals surface area contributed by atoms with Crippen LogP contribution in [0.5, 0.6) is 0 Å². The zero-order valence-electron chi connectivity index (χ0n) is 14.2. The molecular formula is C17H18N4O4S. The molecule has 0 unspecified atom stereocenters. The molecule has 0 aliphatic rings. The van der Waals surface area contributed by atoms with Crippen molar-refractivity contribution in [3.63, 3.8) is 0 Å². The summed E-state index contributed by atoms with van der Waals surface area (Å²) in [6.45, 7) is 4.00. The van der Waals surface area contributed by atoms with Crippen molar-refractivity contribution >= 4 is 38.5 Å². The molecular weight excluding hydrogens is 356 g/mol. The van der Waals surface area contributed by atoms with Crippen molar-refractivity contribution in [1.29, 1.82) is 0 Å². The van der Waals surface area contributed by atoms with Crippen molar-refractivity contribution in [2.75, 3.05) is 5.32 Å². The number of aromatic carboxylic acids is 1. The number of carboxylic acid groups (broad SMARTS) is 1. The standard InChI is InChI=1S/C15H12N4O4S.C2H6/c16-24(22,23)12-4-2-11(3-5-12)18-15-17-8-10-7-9(14(20)21)1-6-13(10)19-15;1-2/h1-8H,(H,20,21)(H2,16,22,23)(H,17,18,19);1-2H3. The summed E-state index contributed by atoms with van der Waals surface area (Å²) in [7, 11) is -3.74. The number of anilines is 2. The SMILES string of the molecule is CC.NS(=O)(=O)c1ccc(Nc2ncc3cc(C(=O)O)ccc3n2)cc1. The molecule has 4 N–H and O–H groups in total. The average Bonchev–Trinajstić information content (AvgIpc) is 2.62. The van der Waals surface area contributed by atoms with Gasteiger partial charge in [0.15, 0.2) is 0 Å². The molecule has 1 aromatic heterocycles. The number of benzene rings is 2. The minimum Gasteiger partial charge on any atom is -0.478 e. The van der Waals surface area contributed by atoms with E-state index in [0.29, 0.717) is 22.5 Å². The summed E-state index contributed by atoms with van der Waals surface area (Å²) in [5.41, 5.74) is 1.33. The van der Waals surface area contributed by atoms with Gasteiger partial charge >= 0.3 is 5.97 Å². The molecule has 0 aliphatic carbocycles. The van der Waals surface area contributed by atoms with Gasteiger partial charge in [-0.25, -0.2) is 28.3 Å². The Kier molecular flexibility index (Phi) is 5.86. The van der Waals surface area contributed by atoms with Gasteiger partial charge in [0, 0.05) is 17.3 Å². The molecule has 0 amide bonds. The first kappa shape index (κ1) is 19.3. The molecule has 9 heteroatoms. The number of nitrogens with one attached hydrogen (secondary N) is 1. The number of hydrogen-bond donors (Lipinski definition) is 3. The second-order valence-corrected chi connectivity index (χ2v) is 6.53. The van der Waals surface area contributed by atoms with Crippen LogP contribution < -0.4 is 10.5 Å². The van der Waals surface area contributed by atoms with E-state index < -0.39 is 16.0 Å². The third-order valence-electron chi connectivity index (χ3n) is 3.27. The highest BCUT2D eigenvalue weighted by Gasteiger charge is 2.08. The highest BCUT2D eigenvalue weighted by Crippen LogP contribution is 2.19. The highest BCUT2D eigenvalue weighted by atomic mass is 32.2. The summed E-state index contributed by atoms with van der Waals surface area (Å²) >= 11 is 0. The summed E-state index contributed by atoms with van der Waals surface area (Å²) in [4.78, 5) is 19.4. The van der Waals surface area contributed by atoms with Gasteiger partial charge in [0.1, 0.15) is 0 Å². The van der Waals surface area contributed by atoms with Crippen LogP contribution in [0.25, 0.3) is 10.9 Å². The third-order valence-corrected chi connectivity index (χ3v) is 4.19. The first-order valence-electron chi connectivity index (χ1n) is 7.73. The van der Waals surface area contributed by atoms with Crippen molar-refractivity contribution in [3.8, 4) is 0 Å². The number of primary sulfonamides is 1. The fourth-order valence-corrected chi connectivity index (χ4v) is 2.60. The van der Waals surface area contributed by atoms with Gasteiger partial charge < -0.3 is 10.4 Å². The quantitative estimate of drug-likeness (QED) is 0.639. The number of nitrogens with zero attached hydrogens (tertiary/aromatic N) is 2. The minimum atomic E-state index is -3.74. The lowest BCUT2D eigenvalue weighted by Gasteiger charge is -2.07. The predicted octanol–water partition coefficient (Wildman–Crippen LogP) is 2.75. The normalized spacial score (nSPS) is 10.7. The Bertz CT molecular complexity index is 1030. The van der Waals surface area contributed by atoms with Crippen LogP contribution in [0.3, 0.4) is 0 Å². The molecule has 8 nitrogen and oxygen atoms in total. The molecule has 136 valence electrons. The molecule has 0 atom stereocenters. The predicted molar refractivity (Wildman–Crippen MR) is 98.9 cm³/mol. The van der Waals surface area contributed by atoms with Crippen molar-refractivity contribution in [3.05, 3.63) is 54.2 Å². The smallest absolute Gasteiger partial charge is 0.335 e. The molecule has 0 fully saturated rings. The fraction of sp³-hybridized carbons (Fsp3) is 0.118. The molecule has 0 spiro atoms. The number of sulfonamides is 1. The van der Waals surface area contributed by atoms with E-state index in [1.165, 1.54) is 30.5 Å². The third kappa shape index (κ3) is 4.52.